The quantitative estimate of drug-likeness (QED) is 0.864. The van der Waals surface area contributed by atoms with Crippen molar-refractivity contribution in [1.29, 1.82) is 0 Å². The molecule has 0 unspecified atom stereocenters. The van der Waals surface area contributed by atoms with E-state index in [4.69, 9.17) is 0 Å². The largest absolute Gasteiger partial charge is 0.390 e. The first-order valence-electron chi connectivity index (χ1n) is 6.92. The van der Waals surface area contributed by atoms with Gasteiger partial charge in [-0.05, 0) is 31.9 Å². The number of aromatic nitrogens is 1. The van der Waals surface area contributed by atoms with E-state index in [1.54, 1.807) is 12.3 Å². The first kappa shape index (κ1) is 13.1. The highest BCUT2D eigenvalue weighted by Gasteiger charge is 2.30. The van der Waals surface area contributed by atoms with Gasteiger partial charge in [0.2, 0.25) is 0 Å². The number of amides is 1. The summed E-state index contributed by atoms with van der Waals surface area (Å²) in [4.78, 5) is 18.7. The van der Waals surface area contributed by atoms with E-state index < -0.39 is 5.60 Å². The third-order valence-electron chi connectivity index (χ3n) is 4.01. The molecule has 1 aromatic carbocycles. The summed E-state index contributed by atoms with van der Waals surface area (Å²) in [5.41, 5.74) is 0.886. The molecule has 1 amide bonds. The Kier molecular flexibility index (Phi) is 3.18. The number of likely N-dealkylation sites (tertiary alicyclic amines) is 1. The predicted molar refractivity (Wildman–Crippen MR) is 77.5 cm³/mol. The Morgan fingerprint density at radius 3 is 2.70 bits per heavy atom. The molecule has 1 aliphatic rings. The smallest absolute Gasteiger partial charge is 0.254 e. The van der Waals surface area contributed by atoms with E-state index in [1.807, 2.05) is 36.1 Å². The summed E-state index contributed by atoms with van der Waals surface area (Å²) in [7, 11) is 0. The Labute approximate surface area is 118 Å². The number of fused-ring (bicyclic) bond motifs is 1. The Morgan fingerprint density at radius 2 is 1.95 bits per heavy atom. The second-order valence-electron chi connectivity index (χ2n) is 5.66. The molecule has 1 aliphatic heterocycles. The maximum absolute atomic E-state index is 12.6. The van der Waals surface area contributed by atoms with Gasteiger partial charge >= 0.3 is 0 Å². The number of carbonyl (C=O) groups excluding carboxylic acids is 1. The van der Waals surface area contributed by atoms with Crippen LogP contribution < -0.4 is 0 Å². The summed E-state index contributed by atoms with van der Waals surface area (Å²) >= 11 is 0. The highest BCUT2D eigenvalue weighted by atomic mass is 16.3. The second kappa shape index (κ2) is 4.87. The van der Waals surface area contributed by atoms with Crippen LogP contribution in [0.2, 0.25) is 0 Å². The zero-order valence-corrected chi connectivity index (χ0v) is 11.5. The average molecular weight is 270 g/mol. The molecule has 0 aliphatic carbocycles. The van der Waals surface area contributed by atoms with E-state index in [0.717, 1.165) is 10.9 Å². The molecular formula is C16H18N2O2. The van der Waals surface area contributed by atoms with Crippen molar-refractivity contribution in [3.05, 3.63) is 42.1 Å². The van der Waals surface area contributed by atoms with Crippen LogP contribution in [0.4, 0.5) is 0 Å². The lowest BCUT2D eigenvalue weighted by molar-refractivity contribution is -0.00196. The van der Waals surface area contributed by atoms with Crippen molar-refractivity contribution in [2.75, 3.05) is 13.1 Å². The highest BCUT2D eigenvalue weighted by Crippen LogP contribution is 2.24. The van der Waals surface area contributed by atoms with E-state index in [9.17, 15) is 9.90 Å². The number of piperidine rings is 1. The molecule has 20 heavy (non-hydrogen) atoms. The number of hydrogen-bond acceptors (Lipinski definition) is 3. The van der Waals surface area contributed by atoms with Crippen LogP contribution in [-0.4, -0.2) is 39.6 Å². The molecule has 1 N–H and O–H groups in total. The molecule has 0 radical (unpaired) electrons. The highest BCUT2D eigenvalue weighted by molar-refractivity contribution is 6.05. The Morgan fingerprint density at radius 1 is 1.25 bits per heavy atom. The summed E-state index contributed by atoms with van der Waals surface area (Å²) < 4.78 is 0. The third-order valence-corrected chi connectivity index (χ3v) is 4.01. The van der Waals surface area contributed by atoms with Crippen molar-refractivity contribution >= 4 is 16.8 Å². The first-order valence-corrected chi connectivity index (χ1v) is 6.92. The third kappa shape index (κ3) is 2.39. The number of rotatable bonds is 1. The minimum atomic E-state index is -0.642. The van der Waals surface area contributed by atoms with Crippen LogP contribution in [0.3, 0.4) is 0 Å². The van der Waals surface area contributed by atoms with Crippen LogP contribution in [0, 0.1) is 0 Å². The van der Waals surface area contributed by atoms with Crippen molar-refractivity contribution in [3.8, 4) is 0 Å². The van der Waals surface area contributed by atoms with Crippen LogP contribution in [0.15, 0.2) is 36.5 Å². The van der Waals surface area contributed by atoms with Gasteiger partial charge in [-0.25, -0.2) is 0 Å². The topological polar surface area (TPSA) is 53.4 Å². The fourth-order valence-corrected chi connectivity index (χ4v) is 2.64. The molecule has 1 aromatic heterocycles. The van der Waals surface area contributed by atoms with E-state index in [1.165, 1.54) is 0 Å². The van der Waals surface area contributed by atoms with Gasteiger partial charge in [0.1, 0.15) is 0 Å². The number of benzene rings is 1. The molecule has 0 saturated carbocycles. The molecule has 2 aromatic rings. The molecule has 104 valence electrons. The summed E-state index contributed by atoms with van der Waals surface area (Å²) in [6, 6.07) is 9.45. The molecule has 0 bridgehead atoms. The summed E-state index contributed by atoms with van der Waals surface area (Å²) in [5, 5.41) is 10.9. The molecule has 2 heterocycles. The summed E-state index contributed by atoms with van der Waals surface area (Å²) in [5.74, 6) is 0.0269. The fourth-order valence-electron chi connectivity index (χ4n) is 2.64. The molecule has 4 heteroatoms. The standard InChI is InChI=1S/C16H18N2O2/c1-16(20)7-10-18(11-8-16)15(19)13-6-9-17-14-5-3-2-4-12(13)14/h2-6,9,20H,7-8,10-11H2,1H3. The van der Waals surface area contributed by atoms with Crippen LogP contribution >= 0.6 is 0 Å². The zero-order chi connectivity index (χ0) is 14.2. The minimum absolute atomic E-state index is 0.0269. The number of aliphatic hydroxyl groups is 1. The van der Waals surface area contributed by atoms with Gasteiger partial charge in [0.25, 0.3) is 5.91 Å². The Balaban J connectivity index is 1.90. The van der Waals surface area contributed by atoms with Crippen LogP contribution in [0.1, 0.15) is 30.1 Å². The lowest BCUT2D eigenvalue weighted by atomic mass is 9.93. The normalized spacial score (nSPS) is 18.2. The molecule has 0 atom stereocenters. The molecule has 4 nitrogen and oxygen atoms in total. The monoisotopic (exact) mass is 270 g/mol. The number of carbonyl (C=O) groups is 1. The average Bonchev–Trinajstić information content (AvgIpc) is 2.46. The van der Waals surface area contributed by atoms with E-state index in [-0.39, 0.29) is 5.91 Å². The molecule has 0 spiro atoms. The number of para-hydroxylation sites is 1. The number of hydrogen-bond donors (Lipinski definition) is 1. The van der Waals surface area contributed by atoms with Gasteiger partial charge in [-0.15, -0.1) is 0 Å². The second-order valence-corrected chi connectivity index (χ2v) is 5.66. The lowest BCUT2D eigenvalue weighted by Gasteiger charge is -2.35. The van der Waals surface area contributed by atoms with Gasteiger partial charge < -0.3 is 10.0 Å². The zero-order valence-electron chi connectivity index (χ0n) is 11.5. The van der Waals surface area contributed by atoms with Crippen molar-refractivity contribution in [1.82, 2.24) is 9.88 Å². The van der Waals surface area contributed by atoms with Gasteiger partial charge in [0, 0.05) is 24.7 Å². The molecular weight excluding hydrogens is 252 g/mol. The minimum Gasteiger partial charge on any atom is -0.390 e. The molecule has 1 fully saturated rings. The SMILES string of the molecule is CC1(O)CCN(C(=O)c2ccnc3ccccc23)CC1. The van der Waals surface area contributed by atoms with Crippen molar-refractivity contribution in [2.45, 2.75) is 25.4 Å². The lowest BCUT2D eigenvalue weighted by Crippen LogP contribution is -2.45. The van der Waals surface area contributed by atoms with Crippen molar-refractivity contribution in [3.63, 3.8) is 0 Å². The predicted octanol–water partition coefficient (Wildman–Crippen LogP) is 2.22. The Hall–Kier alpha value is -1.94. The van der Waals surface area contributed by atoms with Crippen molar-refractivity contribution in [2.24, 2.45) is 0 Å². The Bertz CT molecular complexity index is 636. The van der Waals surface area contributed by atoms with Crippen LogP contribution in [-0.2, 0) is 0 Å². The first-order chi connectivity index (χ1) is 9.57. The van der Waals surface area contributed by atoms with Gasteiger partial charge in [-0.2, -0.15) is 0 Å². The van der Waals surface area contributed by atoms with E-state index in [0.29, 0.717) is 31.5 Å². The van der Waals surface area contributed by atoms with E-state index >= 15 is 0 Å². The maximum Gasteiger partial charge on any atom is 0.254 e. The summed E-state index contributed by atoms with van der Waals surface area (Å²) in [6.07, 6.45) is 2.93. The number of pyridine rings is 1. The number of nitrogens with zero attached hydrogens (tertiary/aromatic N) is 2. The maximum atomic E-state index is 12.6. The van der Waals surface area contributed by atoms with Gasteiger partial charge in [-0.1, -0.05) is 18.2 Å². The summed E-state index contributed by atoms with van der Waals surface area (Å²) in [6.45, 7) is 3.03. The molecule has 1 saturated heterocycles. The molecule has 3 rings (SSSR count). The van der Waals surface area contributed by atoms with Gasteiger partial charge in [0.15, 0.2) is 0 Å². The van der Waals surface area contributed by atoms with Crippen LogP contribution in [0.5, 0.6) is 0 Å². The van der Waals surface area contributed by atoms with Crippen LogP contribution in [0.25, 0.3) is 10.9 Å². The van der Waals surface area contributed by atoms with Gasteiger partial charge in [0.05, 0.1) is 16.7 Å². The van der Waals surface area contributed by atoms with Crippen molar-refractivity contribution < 1.29 is 9.90 Å². The van der Waals surface area contributed by atoms with Gasteiger partial charge in [-0.3, -0.25) is 9.78 Å². The fraction of sp³-hybridized carbons (Fsp3) is 0.375. The van der Waals surface area contributed by atoms with E-state index in [2.05, 4.69) is 4.98 Å².